The zero-order valence-corrected chi connectivity index (χ0v) is 16.7. The number of methoxy groups -OCH3 is 1. The first-order chi connectivity index (χ1) is 13.8. The van der Waals surface area contributed by atoms with Gasteiger partial charge in [0, 0.05) is 30.4 Å². The predicted molar refractivity (Wildman–Crippen MR) is 115 cm³/mol. The Kier molecular flexibility index (Phi) is 5.85. The van der Waals surface area contributed by atoms with Gasteiger partial charge in [-0.2, -0.15) is 5.10 Å². The molecular formula is C23H23N3OS. The van der Waals surface area contributed by atoms with Crippen LogP contribution < -0.4 is 10.1 Å². The molecule has 4 aromatic rings. The molecule has 28 heavy (non-hydrogen) atoms. The molecule has 0 unspecified atom stereocenters. The van der Waals surface area contributed by atoms with Crippen molar-refractivity contribution in [3.05, 3.63) is 95.0 Å². The van der Waals surface area contributed by atoms with Crippen molar-refractivity contribution in [1.82, 2.24) is 15.1 Å². The predicted octanol–water partition coefficient (Wildman–Crippen LogP) is 4.96. The number of aromatic nitrogens is 2. The monoisotopic (exact) mass is 389 g/mol. The second-order valence-electron chi connectivity index (χ2n) is 6.58. The van der Waals surface area contributed by atoms with Crippen molar-refractivity contribution in [2.45, 2.75) is 19.6 Å². The Bertz CT molecular complexity index is 1010. The molecule has 0 aliphatic rings. The van der Waals surface area contributed by atoms with E-state index in [1.54, 1.807) is 18.4 Å². The molecule has 0 fully saturated rings. The molecule has 5 heteroatoms. The van der Waals surface area contributed by atoms with E-state index in [4.69, 9.17) is 9.84 Å². The molecule has 142 valence electrons. The van der Waals surface area contributed by atoms with Gasteiger partial charge in [0.25, 0.3) is 0 Å². The van der Waals surface area contributed by atoms with Crippen LogP contribution in [0.15, 0.2) is 78.3 Å². The normalized spacial score (nSPS) is 10.9. The third-order valence-corrected chi connectivity index (χ3v) is 5.48. The third kappa shape index (κ3) is 4.32. The fourth-order valence-corrected chi connectivity index (χ4v) is 3.99. The van der Waals surface area contributed by atoms with Gasteiger partial charge in [0.15, 0.2) is 0 Å². The number of ether oxygens (including phenoxy) is 1. The standard InChI is InChI=1S/C23H23N3OS/c1-27-21-11-6-5-10-19(21)14-24-15-20-17-26(16-18-8-3-2-4-9-18)25-23(20)22-12-7-13-28-22/h2-13,17,24H,14-16H2,1H3. The minimum absolute atomic E-state index is 0.748. The van der Waals surface area contributed by atoms with Crippen molar-refractivity contribution in [1.29, 1.82) is 0 Å². The number of nitrogens with zero attached hydrogens (tertiary/aromatic N) is 2. The van der Waals surface area contributed by atoms with E-state index in [1.165, 1.54) is 16.0 Å². The molecule has 1 N–H and O–H groups in total. The van der Waals surface area contributed by atoms with Gasteiger partial charge in [-0.15, -0.1) is 11.3 Å². The minimum Gasteiger partial charge on any atom is -0.496 e. The largest absolute Gasteiger partial charge is 0.496 e. The van der Waals surface area contributed by atoms with Gasteiger partial charge in [0.05, 0.1) is 18.5 Å². The van der Waals surface area contributed by atoms with Gasteiger partial charge in [0.2, 0.25) is 0 Å². The van der Waals surface area contributed by atoms with Crippen LogP contribution in [-0.2, 0) is 19.6 Å². The zero-order valence-electron chi connectivity index (χ0n) is 15.8. The van der Waals surface area contributed by atoms with Crippen molar-refractivity contribution in [3.63, 3.8) is 0 Å². The number of hydrogen-bond donors (Lipinski definition) is 1. The first-order valence-electron chi connectivity index (χ1n) is 9.30. The summed E-state index contributed by atoms with van der Waals surface area (Å²) in [5.41, 5.74) is 4.65. The molecule has 0 atom stereocenters. The summed E-state index contributed by atoms with van der Waals surface area (Å²) in [4.78, 5) is 1.20. The van der Waals surface area contributed by atoms with Gasteiger partial charge in [-0.1, -0.05) is 54.6 Å². The molecule has 4 rings (SSSR count). The van der Waals surface area contributed by atoms with Gasteiger partial charge in [-0.25, -0.2) is 0 Å². The van der Waals surface area contributed by atoms with Gasteiger partial charge in [-0.05, 0) is 23.1 Å². The SMILES string of the molecule is COc1ccccc1CNCc1cn(Cc2ccccc2)nc1-c1cccs1. The van der Waals surface area contributed by atoms with Crippen molar-refractivity contribution in [2.24, 2.45) is 0 Å². The molecular weight excluding hydrogens is 366 g/mol. The van der Waals surface area contributed by atoms with Crippen LogP contribution >= 0.6 is 11.3 Å². The molecule has 4 nitrogen and oxygen atoms in total. The Balaban J connectivity index is 1.51. The number of hydrogen-bond acceptors (Lipinski definition) is 4. The number of benzene rings is 2. The number of rotatable bonds is 8. The maximum Gasteiger partial charge on any atom is 0.123 e. The maximum atomic E-state index is 5.45. The average molecular weight is 390 g/mol. The summed E-state index contributed by atoms with van der Waals surface area (Å²) in [5, 5.41) is 10.5. The fraction of sp³-hybridized carbons (Fsp3) is 0.174. The molecule has 0 bridgehead atoms. The van der Waals surface area contributed by atoms with Crippen LogP contribution in [0, 0.1) is 0 Å². The molecule has 0 amide bonds. The lowest BCUT2D eigenvalue weighted by Gasteiger charge is -2.09. The van der Waals surface area contributed by atoms with E-state index in [1.807, 2.05) is 28.9 Å². The highest BCUT2D eigenvalue weighted by Gasteiger charge is 2.13. The van der Waals surface area contributed by atoms with E-state index in [0.29, 0.717) is 0 Å². The van der Waals surface area contributed by atoms with Crippen molar-refractivity contribution < 1.29 is 4.74 Å². The highest BCUT2D eigenvalue weighted by molar-refractivity contribution is 7.13. The van der Waals surface area contributed by atoms with Crippen LogP contribution in [0.25, 0.3) is 10.6 Å². The zero-order chi connectivity index (χ0) is 19.2. The first kappa shape index (κ1) is 18.5. The lowest BCUT2D eigenvalue weighted by molar-refractivity contribution is 0.407. The minimum atomic E-state index is 0.748. The Labute approximate surface area is 169 Å². The summed E-state index contributed by atoms with van der Waals surface area (Å²) in [6, 6.07) is 22.7. The van der Waals surface area contributed by atoms with E-state index in [0.717, 1.165) is 36.6 Å². The Morgan fingerprint density at radius 2 is 1.71 bits per heavy atom. The first-order valence-corrected chi connectivity index (χ1v) is 10.2. The van der Waals surface area contributed by atoms with Crippen LogP contribution in [0.3, 0.4) is 0 Å². The molecule has 0 saturated carbocycles. The van der Waals surface area contributed by atoms with Crippen molar-refractivity contribution in [3.8, 4) is 16.3 Å². The van der Waals surface area contributed by atoms with Crippen LogP contribution in [0.4, 0.5) is 0 Å². The fourth-order valence-electron chi connectivity index (χ4n) is 3.25. The summed E-state index contributed by atoms with van der Waals surface area (Å²) in [5.74, 6) is 0.910. The number of para-hydroxylation sites is 1. The maximum absolute atomic E-state index is 5.45. The van der Waals surface area contributed by atoms with Crippen LogP contribution in [0.5, 0.6) is 5.75 Å². The van der Waals surface area contributed by atoms with Gasteiger partial charge >= 0.3 is 0 Å². The Hall–Kier alpha value is -2.89. The van der Waals surface area contributed by atoms with Gasteiger partial charge < -0.3 is 10.1 Å². The summed E-state index contributed by atoms with van der Waals surface area (Å²) in [7, 11) is 1.71. The second-order valence-corrected chi connectivity index (χ2v) is 7.53. The average Bonchev–Trinajstić information content (AvgIpc) is 3.39. The van der Waals surface area contributed by atoms with Crippen molar-refractivity contribution >= 4 is 11.3 Å². The number of thiophene rings is 1. The van der Waals surface area contributed by atoms with Crippen LogP contribution in [-0.4, -0.2) is 16.9 Å². The summed E-state index contributed by atoms with van der Waals surface area (Å²) < 4.78 is 7.48. The van der Waals surface area contributed by atoms with Crippen LogP contribution in [0.2, 0.25) is 0 Å². The van der Waals surface area contributed by atoms with E-state index in [-0.39, 0.29) is 0 Å². The van der Waals surface area contributed by atoms with E-state index in [9.17, 15) is 0 Å². The summed E-state index contributed by atoms with van der Waals surface area (Å²) in [6.45, 7) is 2.27. The second kappa shape index (κ2) is 8.87. The van der Waals surface area contributed by atoms with E-state index >= 15 is 0 Å². The number of nitrogens with one attached hydrogen (secondary N) is 1. The molecule has 2 aromatic carbocycles. The summed E-state index contributed by atoms with van der Waals surface area (Å²) >= 11 is 1.72. The molecule has 0 aliphatic heterocycles. The van der Waals surface area contributed by atoms with Crippen LogP contribution in [0.1, 0.15) is 16.7 Å². The van der Waals surface area contributed by atoms with Crippen molar-refractivity contribution in [2.75, 3.05) is 7.11 Å². The lowest BCUT2D eigenvalue weighted by atomic mass is 10.2. The lowest BCUT2D eigenvalue weighted by Crippen LogP contribution is -2.13. The molecule has 0 aliphatic carbocycles. The smallest absolute Gasteiger partial charge is 0.123 e. The Morgan fingerprint density at radius 3 is 2.50 bits per heavy atom. The molecule has 0 radical (unpaired) electrons. The topological polar surface area (TPSA) is 39.1 Å². The third-order valence-electron chi connectivity index (χ3n) is 4.60. The van der Waals surface area contributed by atoms with E-state index in [2.05, 4.69) is 59.4 Å². The molecule has 2 aromatic heterocycles. The molecule has 2 heterocycles. The van der Waals surface area contributed by atoms with E-state index < -0.39 is 0 Å². The molecule has 0 spiro atoms. The van der Waals surface area contributed by atoms with Gasteiger partial charge in [-0.3, -0.25) is 4.68 Å². The molecule has 0 saturated heterocycles. The summed E-state index contributed by atoms with van der Waals surface area (Å²) in [6.07, 6.45) is 2.15. The highest BCUT2D eigenvalue weighted by atomic mass is 32.1. The van der Waals surface area contributed by atoms with Gasteiger partial charge in [0.1, 0.15) is 11.4 Å². The Morgan fingerprint density at radius 1 is 0.929 bits per heavy atom. The quantitative estimate of drug-likeness (QED) is 0.463. The highest BCUT2D eigenvalue weighted by Crippen LogP contribution is 2.27.